The second kappa shape index (κ2) is 6.26. The van der Waals surface area contributed by atoms with Gasteiger partial charge in [0.2, 0.25) is 0 Å². The topological polar surface area (TPSA) is 40.5 Å². The maximum atomic E-state index is 10.6. The lowest BCUT2D eigenvalue weighted by Crippen LogP contribution is -2.17. The number of hydrogen-bond acceptors (Lipinski definition) is 1. The molecule has 1 rings (SSSR count). The van der Waals surface area contributed by atoms with Gasteiger partial charge < -0.3 is 5.11 Å². The van der Waals surface area contributed by atoms with Crippen LogP contribution in [0.4, 0.5) is 10.5 Å². The van der Waals surface area contributed by atoms with Crippen molar-refractivity contribution in [3.63, 3.8) is 0 Å². The molecule has 0 saturated carbocycles. The van der Waals surface area contributed by atoms with Gasteiger partial charge in [-0.2, -0.15) is 4.42 Å². The van der Waals surface area contributed by atoms with E-state index >= 15 is 0 Å². The van der Waals surface area contributed by atoms with Gasteiger partial charge in [0, 0.05) is 18.2 Å². The molecule has 5 heteroatoms. The number of amides is 1. The minimum atomic E-state index is -1.21. The Morgan fingerprint density at radius 1 is 1.31 bits per heavy atom. The maximum absolute atomic E-state index is 10.6. The van der Waals surface area contributed by atoms with Crippen molar-refractivity contribution < 1.29 is 9.90 Å². The Hall–Kier alpha value is -1.37. The highest BCUT2D eigenvalue weighted by Gasteiger charge is 2.10. The van der Waals surface area contributed by atoms with E-state index in [4.69, 9.17) is 28.5 Å². The van der Waals surface area contributed by atoms with Gasteiger partial charge in [-0.25, -0.2) is 4.79 Å². The number of rotatable bonds is 2. The van der Waals surface area contributed by atoms with Crippen LogP contribution in [0.1, 0.15) is 5.56 Å². The fraction of sp³-hybridized carbons (Fsp3) is 0.182. The third-order valence-electron chi connectivity index (χ3n) is 1.82. The Labute approximate surface area is 104 Å². The SMILES string of the molecule is O=C(O)N(Cl)c1ccc(CC#CCCl)cc1. The number of carbonyl (C=O) groups is 1. The minimum absolute atomic E-state index is 0.312. The summed E-state index contributed by atoms with van der Waals surface area (Å²) in [6.07, 6.45) is -0.626. The highest BCUT2D eigenvalue weighted by molar-refractivity contribution is 6.35. The van der Waals surface area contributed by atoms with Crippen LogP contribution in [0.2, 0.25) is 0 Å². The van der Waals surface area contributed by atoms with Crippen LogP contribution in [0.5, 0.6) is 0 Å². The largest absolute Gasteiger partial charge is 0.464 e. The summed E-state index contributed by atoms with van der Waals surface area (Å²) in [4.78, 5) is 10.6. The van der Waals surface area contributed by atoms with Crippen molar-refractivity contribution in [2.45, 2.75) is 6.42 Å². The van der Waals surface area contributed by atoms with E-state index in [2.05, 4.69) is 11.8 Å². The average Bonchev–Trinajstić information content (AvgIpc) is 2.29. The highest BCUT2D eigenvalue weighted by Crippen LogP contribution is 2.17. The first-order valence-corrected chi connectivity index (χ1v) is 5.32. The Bertz CT molecular complexity index is 420. The first-order chi connectivity index (χ1) is 7.65. The number of carboxylic acid groups (broad SMARTS) is 1. The summed E-state index contributed by atoms with van der Waals surface area (Å²) >= 11 is 10.9. The van der Waals surface area contributed by atoms with Crippen LogP contribution in [0.3, 0.4) is 0 Å². The molecule has 0 bridgehead atoms. The number of alkyl halides is 1. The summed E-state index contributed by atoms with van der Waals surface area (Å²) in [5.41, 5.74) is 1.39. The zero-order valence-corrected chi connectivity index (χ0v) is 9.79. The molecule has 16 heavy (non-hydrogen) atoms. The molecule has 0 aliphatic carbocycles. The molecule has 0 spiro atoms. The van der Waals surface area contributed by atoms with Gasteiger partial charge in [-0.05, 0) is 17.7 Å². The first kappa shape index (κ1) is 12.7. The fourth-order valence-electron chi connectivity index (χ4n) is 1.07. The lowest BCUT2D eigenvalue weighted by atomic mass is 10.1. The molecule has 1 amide bonds. The Morgan fingerprint density at radius 3 is 2.44 bits per heavy atom. The quantitative estimate of drug-likeness (QED) is 0.503. The molecule has 0 unspecified atom stereocenters. The summed E-state index contributed by atoms with van der Waals surface area (Å²) in [7, 11) is 0. The van der Waals surface area contributed by atoms with Crippen LogP contribution < -0.4 is 4.42 Å². The molecule has 1 aromatic carbocycles. The zero-order valence-electron chi connectivity index (χ0n) is 8.28. The van der Waals surface area contributed by atoms with Gasteiger partial charge in [0.15, 0.2) is 0 Å². The van der Waals surface area contributed by atoms with Crippen LogP contribution in [0.15, 0.2) is 24.3 Å². The van der Waals surface area contributed by atoms with E-state index in [1.165, 1.54) is 0 Å². The predicted octanol–water partition coefficient (Wildman–Crippen LogP) is 3.11. The molecule has 84 valence electrons. The van der Waals surface area contributed by atoms with Gasteiger partial charge >= 0.3 is 6.09 Å². The number of halogens is 2. The summed E-state index contributed by atoms with van der Waals surface area (Å²) in [5, 5.41) is 8.64. The van der Waals surface area contributed by atoms with Crippen LogP contribution in [-0.2, 0) is 6.42 Å². The lowest BCUT2D eigenvalue weighted by molar-refractivity contribution is 0.206. The fourth-order valence-corrected chi connectivity index (χ4v) is 1.27. The molecule has 1 N–H and O–H groups in total. The second-order valence-electron chi connectivity index (χ2n) is 2.89. The number of anilines is 1. The van der Waals surface area contributed by atoms with Gasteiger partial charge in [0.25, 0.3) is 0 Å². The molecule has 0 aliphatic rings. The highest BCUT2D eigenvalue weighted by atomic mass is 35.5. The van der Waals surface area contributed by atoms with Gasteiger partial charge in [0.1, 0.15) is 0 Å². The molecular weight excluding hydrogens is 249 g/mol. The van der Waals surface area contributed by atoms with E-state index in [0.29, 0.717) is 22.4 Å². The van der Waals surface area contributed by atoms with Crippen molar-refractivity contribution in [1.29, 1.82) is 0 Å². The second-order valence-corrected chi connectivity index (χ2v) is 3.50. The minimum Gasteiger partial charge on any atom is -0.464 e. The number of benzene rings is 1. The molecule has 0 saturated heterocycles. The summed E-state index contributed by atoms with van der Waals surface area (Å²) in [5.74, 6) is 5.93. The predicted molar refractivity (Wildman–Crippen MR) is 65.0 cm³/mol. The summed E-state index contributed by atoms with van der Waals surface area (Å²) in [6.45, 7) is 0. The molecule has 1 aromatic rings. The molecule has 0 aromatic heterocycles. The van der Waals surface area contributed by atoms with Gasteiger partial charge in [0.05, 0.1) is 11.6 Å². The summed E-state index contributed by atoms with van der Waals surface area (Å²) in [6, 6.07) is 6.80. The Morgan fingerprint density at radius 2 is 1.94 bits per heavy atom. The molecule has 0 heterocycles. The smallest absolute Gasteiger partial charge is 0.426 e. The molecule has 0 radical (unpaired) electrons. The van der Waals surface area contributed by atoms with E-state index in [1.807, 2.05) is 0 Å². The van der Waals surface area contributed by atoms with Crippen molar-refractivity contribution in [2.24, 2.45) is 0 Å². The normalized spacial score (nSPS) is 9.12. The van der Waals surface area contributed by atoms with Gasteiger partial charge in [-0.3, -0.25) is 0 Å². The van der Waals surface area contributed by atoms with Crippen molar-refractivity contribution in [1.82, 2.24) is 0 Å². The first-order valence-electron chi connectivity index (χ1n) is 4.44. The molecule has 0 atom stereocenters. The molecule has 0 aliphatic heterocycles. The van der Waals surface area contributed by atoms with Crippen LogP contribution in [0.25, 0.3) is 0 Å². The van der Waals surface area contributed by atoms with Crippen LogP contribution >= 0.6 is 23.4 Å². The van der Waals surface area contributed by atoms with Gasteiger partial charge in [-0.1, -0.05) is 24.0 Å². The lowest BCUT2D eigenvalue weighted by Gasteiger charge is -2.09. The van der Waals surface area contributed by atoms with E-state index in [9.17, 15) is 4.79 Å². The monoisotopic (exact) mass is 257 g/mol. The van der Waals surface area contributed by atoms with Gasteiger partial charge in [-0.15, -0.1) is 11.6 Å². The standard InChI is InChI=1S/C11H9Cl2NO2/c12-8-2-1-3-9-4-6-10(7-5-9)14(13)11(15)16/h4-7H,3,8H2,(H,15,16). The molecular formula is C11H9Cl2NO2. The van der Waals surface area contributed by atoms with E-state index in [-0.39, 0.29) is 0 Å². The molecule has 0 fully saturated rings. The van der Waals surface area contributed by atoms with Crippen molar-refractivity contribution in [2.75, 3.05) is 10.3 Å². The van der Waals surface area contributed by atoms with Crippen molar-refractivity contribution in [3.8, 4) is 11.8 Å². The van der Waals surface area contributed by atoms with Crippen molar-refractivity contribution >= 4 is 35.2 Å². The molecule has 3 nitrogen and oxygen atoms in total. The maximum Gasteiger partial charge on any atom is 0.426 e. The average molecular weight is 258 g/mol. The van der Waals surface area contributed by atoms with Crippen LogP contribution in [0, 0.1) is 11.8 Å². The number of nitrogens with zero attached hydrogens (tertiary/aromatic N) is 1. The van der Waals surface area contributed by atoms with E-state index in [1.54, 1.807) is 24.3 Å². The number of hydrogen-bond donors (Lipinski definition) is 1. The van der Waals surface area contributed by atoms with E-state index < -0.39 is 6.09 Å². The third-order valence-corrected chi connectivity index (χ3v) is 2.29. The third kappa shape index (κ3) is 3.65. The summed E-state index contributed by atoms with van der Waals surface area (Å²) < 4.78 is 0.633. The Balaban J connectivity index is 2.71. The van der Waals surface area contributed by atoms with Crippen molar-refractivity contribution in [3.05, 3.63) is 29.8 Å². The zero-order chi connectivity index (χ0) is 12.0. The van der Waals surface area contributed by atoms with E-state index in [0.717, 1.165) is 5.56 Å². The Kier molecular flexibility index (Phi) is 4.97. The van der Waals surface area contributed by atoms with Crippen LogP contribution in [-0.4, -0.2) is 17.1 Å².